The van der Waals surface area contributed by atoms with Crippen LogP contribution in [0.4, 0.5) is 0 Å². The third-order valence-corrected chi connectivity index (χ3v) is 3.46. The first-order valence-corrected chi connectivity index (χ1v) is 6.54. The van der Waals surface area contributed by atoms with Crippen LogP contribution in [-0.2, 0) is 11.2 Å². The molecule has 96 valence electrons. The number of nitrogens with one attached hydrogen (secondary N) is 1. The molecule has 0 saturated heterocycles. The topological polar surface area (TPSA) is 21.3 Å². The first-order chi connectivity index (χ1) is 8.08. The van der Waals surface area contributed by atoms with Gasteiger partial charge in [0, 0.05) is 23.2 Å². The van der Waals surface area contributed by atoms with Gasteiger partial charge in [0.15, 0.2) is 0 Å². The molecular weight excluding hydrogens is 257 g/mol. The summed E-state index contributed by atoms with van der Waals surface area (Å²) >= 11 is 12.1. The van der Waals surface area contributed by atoms with Crippen LogP contribution >= 0.6 is 23.2 Å². The fourth-order valence-electron chi connectivity index (χ4n) is 1.77. The molecule has 1 aromatic carbocycles. The van der Waals surface area contributed by atoms with Crippen molar-refractivity contribution in [2.24, 2.45) is 0 Å². The second-order valence-electron chi connectivity index (χ2n) is 4.04. The SMILES string of the molecule is CCNC(Cc1cc(Cl)ccc1Cl)C(C)OC. The monoisotopic (exact) mass is 275 g/mol. The number of halogens is 2. The quantitative estimate of drug-likeness (QED) is 0.858. The molecule has 0 amide bonds. The van der Waals surface area contributed by atoms with Gasteiger partial charge < -0.3 is 10.1 Å². The van der Waals surface area contributed by atoms with Gasteiger partial charge in [0.05, 0.1) is 6.10 Å². The molecule has 2 unspecified atom stereocenters. The minimum atomic E-state index is 0.130. The zero-order valence-corrected chi connectivity index (χ0v) is 12.0. The van der Waals surface area contributed by atoms with Crippen LogP contribution < -0.4 is 5.32 Å². The predicted octanol–water partition coefficient (Wildman–Crippen LogP) is 3.55. The zero-order valence-electron chi connectivity index (χ0n) is 10.5. The molecule has 0 spiro atoms. The Bertz CT molecular complexity index is 357. The first-order valence-electron chi connectivity index (χ1n) is 5.78. The molecule has 0 aromatic heterocycles. The molecule has 1 N–H and O–H groups in total. The van der Waals surface area contributed by atoms with E-state index < -0.39 is 0 Å². The maximum atomic E-state index is 6.16. The number of methoxy groups -OCH3 is 1. The van der Waals surface area contributed by atoms with Crippen molar-refractivity contribution in [1.29, 1.82) is 0 Å². The Balaban J connectivity index is 2.81. The van der Waals surface area contributed by atoms with Crippen molar-refractivity contribution in [1.82, 2.24) is 5.32 Å². The Morgan fingerprint density at radius 2 is 2.06 bits per heavy atom. The minimum Gasteiger partial charge on any atom is -0.380 e. The smallest absolute Gasteiger partial charge is 0.0699 e. The van der Waals surface area contributed by atoms with Crippen LogP contribution in [-0.4, -0.2) is 25.8 Å². The lowest BCUT2D eigenvalue weighted by atomic mass is 10.0. The van der Waals surface area contributed by atoms with Gasteiger partial charge in [-0.25, -0.2) is 0 Å². The van der Waals surface area contributed by atoms with Crippen molar-refractivity contribution in [3.8, 4) is 0 Å². The highest BCUT2D eigenvalue weighted by molar-refractivity contribution is 6.33. The number of benzene rings is 1. The van der Waals surface area contributed by atoms with Crippen LogP contribution in [0.2, 0.25) is 10.0 Å². The lowest BCUT2D eigenvalue weighted by Crippen LogP contribution is -2.41. The van der Waals surface area contributed by atoms with Gasteiger partial charge in [-0.05, 0) is 43.7 Å². The average molecular weight is 276 g/mol. The molecular formula is C13H19Cl2NO. The average Bonchev–Trinajstić information content (AvgIpc) is 2.32. The van der Waals surface area contributed by atoms with E-state index in [0.717, 1.165) is 23.6 Å². The Morgan fingerprint density at radius 3 is 2.65 bits per heavy atom. The number of hydrogen-bond donors (Lipinski definition) is 1. The molecule has 0 bridgehead atoms. The second kappa shape index (κ2) is 7.22. The molecule has 0 radical (unpaired) electrons. The highest BCUT2D eigenvalue weighted by Crippen LogP contribution is 2.22. The summed E-state index contributed by atoms with van der Waals surface area (Å²) in [5.74, 6) is 0. The van der Waals surface area contributed by atoms with Crippen molar-refractivity contribution in [2.75, 3.05) is 13.7 Å². The van der Waals surface area contributed by atoms with Gasteiger partial charge in [-0.15, -0.1) is 0 Å². The Hall–Kier alpha value is -0.280. The molecule has 4 heteroatoms. The van der Waals surface area contributed by atoms with Gasteiger partial charge in [0.1, 0.15) is 0 Å². The van der Waals surface area contributed by atoms with Crippen molar-refractivity contribution >= 4 is 23.2 Å². The molecule has 0 heterocycles. The summed E-state index contributed by atoms with van der Waals surface area (Å²) in [4.78, 5) is 0. The Labute approximate surface area is 113 Å². The maximum Gasteiger partial charge on any atom is 0.0699 e. The van der Waals surface area contributed by atoms with Crippen LogP contribution in [0, 0.1) is 0 Å². The fourth-order valence-corrected chi connectivity index (χ4v) is 2.16. The van der Waals surface area contributed by atoms with E-state index in [4.69, 9.17) is 27.9 Å². The van der Waals surface area contributed by atoms with Crippen LogP contribution in [0.15, 0.2) is 18.2 Å². The molecule has 1 aromatic rings. The summed E-state index contributed by atoms with van der Waals surface area (Å²) in [6, 6.07) is 5.78. The Kier molecular flexibility index (Phi) is 6.28. The minimum absolute atomic E-state index is 0.130. The molecule has 0 aliphatic heterocycles. The fraction of sp³-hybridized carbons (Fsp3) is 0.538. The summed E-state index contributed by atoms with van der Waals surface area (Å²) in [7, 11) is 1.72. The third-order valence-electron chi connectivity index (χ3n) is 2.85. The summed E-state index contributed by atoms with van der Waals surface area (Å²) in [6.45, 7) is 5.03. The lowest BCUT2D eigenvalue weighted by molar-refractivity contribution is 0.0836. The van der Waals surface area contributed by atoms with E-state index in [-0.39, 0.29) is 12.1 Å². The summed E-state index contributed by atoms with van der Waals surface area (Å²) < 4.78 is 5.37. The molecule has 17 heavy (non-hydrogen) atoms. The van der Waals surface area contributed by atoms with E-state index in [1.807, 2.05) is 19.1 Å². The molecule has 0 aliphatic carbocycles. The first kappa shape index (κ1) is 14.8. The summed E-state index contributed by atoms with van der Waals surface area (Å²) in [6.07, 6.45) is 0.937. The highest BCUT2D eigenvalue weighted by Gasteiger charge is 2.17. The number of ether oxygens (including phenoxy) is 1. The Morgan fingerprint density at radius 1 is 1.35 bits per heavy atom. The number of hydrogen-bond acceptors (Lipinski definition) is 2. The van der Waals surface area contributed by atoms with Crippen LogP contribution in [0.1, 0.15) is 19.4 Å². The summed E-state index contributed by atoms with van der Waals surface area (Å²) in [5, 5.41) is 4.87. The summed E-state index contributed by atoms with van der Waals surface area (Å²) in [5.41, 5.74) is 1.05. The predicted molar refractivity (Wildman–Crippen MR) is 74.1 cm³/mol. The molecule has 0 aliphatic rings. The van der Waals surface area contributed by atoms with Gasteiger partial charge in [0.2, 0.25) is 0 Å². The number of likely N-dealkylation sites (N-methyl/N-ethyl adjacent to an activating group) is 1. The van der Waals surface area contributed by atoms with Crippen molar-refractivity contribution in [2.45, 2.75) is 32.4 Å². The third kappa shape index (κ3) is 4.47. The molecule has 2 atom stereocenters. The van der Waals surface area contributed by atoms with Crippen LogP contribution in [0.5, 0.6) is 0 Å². The molecule has 0 saturated carbocycles. The van der Waals surface area contributed by atoms with Crippen molar-refractivity contribution in [3.63, 3.8) is 0 Å². The largest absolute Gasteiger partial charge is 0.380 e. The van der Waals surface area contributed by atoms with Gasteiger partial charge in [0.25, 0.3) is 0 Å². The maximum absolute atomic E-state index is 6.16. The van der Waals surface area contributed by atoms with Gasteiger partial charge in [-0.2, -0.15) is 0 Å². The van der Waals surface area contributed by atoms with Gasteiger partial charge in [-0.3, -0.25) is 0 Å². The van der Waals surface area contributed by atoms with E-state index in [9.17, 15) is 0 Å². The van der Waals surface area contributed by atoms with E-state index >= 15 is 0 Å². The molecule has 2 nitrogen and oxygen atoms in total. The molecule has 1 rings (SSSR count). The van der Waals surface area contributed by atoms with E-state index in [1.165, 1.54) is 0 Å². The van der Waals surface area contributed by atoms with Crippen molar-refractivity contribution in [3.05, 3.63) is 33.8 Å². The van der Waals surface area contributed by atoms with E-state index in [2.05, 4.69) is 12.2 Å². The highest BCUT2D eigenvalue weighted by atomic mass is 35.5. The standard InChI is InChI=1S/C13H19Cl2NO/c1-4-16-13(9(2)17-3)8-10-7-11(14)5-6-12(10)15/h5-7,9,13,16H,4,8H2,1-3H3. The van der Waals surface area contributed by atoms with E-state index in [0.29, 0.717) is 5.02 Å². The number of rotatable bonds is 6. The normalized spacial score (nSPS) is 14.6. The van der Waals surface area contributed by atoms with Crippen LogP contribution in [0.25, 0.3) is 0 Å². The van der Waals surface area contributed by atoms with Crippen LogP contribution in [0.3, 0.4) is 0 Å². The van der Waals surface area contributed by atoms with Crippen molar-refractivity contribution < 1.29 is 4.74 Å². The van der Waals surface area contributed by atoms with E-state index in [1.54, 1.807) is 13.2 Å². The zero-order chi connectivity index (χ0) is 12.8. The molecule has 0 fully saturated rings. The lowest BCUT2D eigenvalue weighted by Gasteiger charge is -2.24. The second-order valence-corrected chi connectivity index (χ2v) is 4.89. The van der Waals surface area contributed by atoms with Gasteiger partial charge in [-0.1, -0.05) is 30.1 Å². The van der Waals surface area contributed by atoms with Gasteiger partial charge >= 0.3 is 0 Å².